The van der Waals surface area contributed by atoms with Crippen molar-refractivity contribution in [3.63, 3.8) is 0 Å². The molecule has 1 aliphatic rings. The van der Waals surface area contributed by atoms with Gasteiger partial charge in [0, 0.05) is 12.1 Å². The molecular formula is C21H20N2O5. The number of anilines is 1. The van der Waals surface area contributed by atoms with E-state index in [1.807, 2.05) is 30.3 Å². The van der Waals surface area contributed by atoms with E-state index in [4.69, 9.17) is 15.2 Å². The first-order valence-electron chi connectivity index (χ1n) is 8.66. The highest BCUT2D eigenvalue weighted by molar-refractivity contribution is 6.23. The lowest BCUT2D eigenvalue weighted by molar-refractivity contribution is -0.138. The number of amides is 2. The smallest absolute Gasteiger partial charge is 0.336 e. The summed E-state index contributed by atoms with van der Waals surface area (Å²) in [6.45, 7) is 1.50. The lowest BCUT2D eigenvalue weighted by Crippen LogP contribution is -2.32. The monoisotopic (exact) mass is 380 g/mol. The van der Waals surface area contributed by atoms with Gasteiger partial charge in [-0.2, -0.15) is 0 Å². The van der Waals surface area contributed by atoms with Crippen LogP contribution in [-0.2, 0) is 19.1 Å². The summed E-state index contributed by atoms with van der Waals surface area (Å²) in [5.41, 5.74) is 6.34. The van der Waals surface area contributed by atoms with Crippen LogP contribution in [0.25, 0.3) is 0 Å². The fraction of sp³-hybridized carbons (Fsp3) is 0.190. The van der Waals surface area contributed by atoms with Crippen LogP contribution in [0.15, 0.2) is 65.9 Å². The molecule has 7 nitrogen and oxygen atoms in total. The molecule has 1 aliphatic heterocycles. The Balaban J connectivity index is 1.82. The number of carbonyl (C=O) groups excluding carboxylic acids is 3. The minimum atomic E-state index is -0.954. The molecule has 0 spiro atoms. The number of benzene rings is 2. The Hall–Kier alpha value is -3.61. The van der Waals surface area contributed by atoms with Crippen molar-refractivity contribution in [3.05, 3.63) is 65.9 Å². The first-order chi connectivity index (χ1) is 13.4. The van der Waals surface area contributed by atoms with Crippen LogP contribution in [0.4, 0.5) is 5.69 Å². The molecule has 1 heterocycles. The zero-order valence-corrected chi connectivity index (χ0v) is 15.5. The minimum absolute atomic E-state index is 0.0207. The van der Waals surface area contributed by atoms with Crippen molar-refractivity contribution < 1.29 is 23.9 Å². The summed E-state index contributed by atoms with van der Waals surface area (Å²) in [5, 5.41) is 0. The predicted molar refractivity (Wildman–Crippen MR) is 102 cm³/mol. The summed E-state index contributed by atoms with van der Waals surface area (Å²) in [7, 11) is 1.20. The average Bonchev–Trinajstić information content (AvgIpc) is 2.97. The molecule has 3 rings (SSSR count). The Bertz CT molecular complexity index is 931. The van der Waals surface area contributed by atoms with Crippen LogP contribution in [0.2, 0.25) is 0 Å². The molecule has 0 saturated carbocycles. The highest BCUT2D eigenvalue weighted by Gasteiger charge is 2.44. The van der Waals surface area contributed by atoms with Gasteiger partial charge in [-0.05, 0) is 43.3 Å². The standard InChI is InChI=1S/C21H20N2O5/c1-13(22)19(21(26)27-2)17-12-18(24)23(20(17)25)14-8-10-16(11-9-14)28-15-6-4-3-5-7-15/h3-11,17H,12,22H2,1-2H3/b19-13-. The maximum atomic E-state index is 12.8. The van der Waals surface area contributed by atoms with Crippen molar-refractivity contribution in [3.8, 4) is 11.5 Å². The van der Waals surface area contributed by atoms with Crippen LogP contribution < -0.4 is 15.4 Å². The van der Waals surface area contributed by atoms with Gasteiger partial charge in [-0.1, -0.05) is 18.2 Å². The first-order valence-corrected chi connectivity index (χ1v) is 8.66. The highest BCUT2D eigenvalue weighted by Crippen LogP contribution is 2.33. The summed E-state index contributed by atoms with van der Waals surface area (Å²) in [6, 6.07) is 15.8. The first kappa shape index (κ1) is 19.2. The quantitative estimate of drug-likeness (QED) is 0.486. The third-order valence-electron chi connectivity index (χ3n) is 4.40. The van der Waals surface area contributed by atoms with Crippen molar-refractivity contribution in [1.29, 1.82) is 0 Å². The molecule has 2 aromatic carbocycles. The lowest BCUT2D eigenvalue weighted by Gasteiger charge is -2.17. The van der Waals surface area contributed by atoms with E-state index in [1.54, 1.807) is 24.3 Å². The van der Waals surface area contributed by atoms with E-state index in [0.29, 0.717) is 17.2 Å². The van der Waals surface area contributed by atoms with Crippen molar-refractivity contribution in [1.82, 2.24) is 0 Å². The Morgan fingerprint density at radius 3 is 2.21 bits per heavy atom. The molecule has 0 aliphatic carbocycles. The number of nitrogens with two attached hydrogens (primary N) is 1. The van der Waals surface area contributed by atoms with Crippen LogP contribution in [0.5, 0.6) is 11.5 Å². The third kappa shape index (κ3) is 3.73. The van der Waals surface area contributed by atoms with Crippen molar-refractivity contribution in [2.45, 2.75) is 13.3 Å². The molecule has 2 N–H and O–H groups in total. The summed E-state index contributed by atoms with van der Waals surface area (Å²) in [6.07, 6.45) is -0.139. The van der Waals surface area contributed by atoms with Crippen LogP contribution in [0.1, 0.15) is 13.3 Å². The number of methoxy groups -OCH3 is 1. The number of hydrogen-bond acceptors (Lipinski definition) is 6. The van der Waals surface area contributed by atoms with Gasteiger partial charge in [0.2, 0.25) is 11.8 Å². The topological polar surface area (TPSA) is 98.9 Å². The second-order valence-electron chi connectivity index (χ2n) is 6.32. The fourth-order valence-electron chi connectivity index (χ4n) is 3.10. The molecule has 1 unspecified atom stereocenters. The van der Waals surface area contributed by atoms with Gasteiger partial charge in [-0.3, -0.25) is 9.59 Å². The van der Waals surface area contributed by atoms with E-state index in [2.05, 4.69) is 0 Å². The Morgan fingerprint density at radius 2 is 1.64 bits per heavy atom. The van der Waals surface area contributed by atoms with Crippen LogP contribution in [0, 0.1) is 5.92 Å². The number of rotatable bonds is 5. The van der Waals surface area contributed by atoms with Gasteiger partial charge >= 0.3 is 5.97 Å². The average molecular weight is 380 g/mol. The van der Waals surface area contributed by atoms with Gasteiger partial charge in [0.05, 0.1) is 24.3 Å². The van der Waals surface area contributed by atoms with Gasteiger partial charge in [0.15, 0.2) is 0 Å². The van der Waals surface area contributed by atoms with Crippen molar-refractivity contribution in [2.75, 3.05) is 12.0 Å². The summed E-state index contributed by atoms with van der Waals surface area (Å²) in [4.78, 5) is 38.4. The maximum absolute atomic E-state index is 12.8. The number of carbonyl (C=O) groups is 3. The Labute approximate surface area is 162 Å². The van der Waals surface area contributed by atoms with E-state index < -0.39 is 23.7 Å². The van der Waals surface area contributed by atoms with Gasteiger partial charge in [0.1, 0.15) is 11.5 Å². The molecule has 28 heavy (non-hydrogen) atoms. The second-order valence-corrected chi connectivity index (χ2v) is 6.32. The molecular weight excluding hydrogens is 360 g/mol. The largest absolute Gasteiger partial charge is 0.466 e. The minimum Gasteiger partial charge on any atom is -0.466 e. The van der Waals surface area contributed by atoms with Crippen molar-refractivity contribution in [2.24, 2.45) is 11.7 Å². The number of hydrogen-bond donors (Lipinski definition) is 1. The zero-order valence-electron chi connectivity index (χ0n) is 15.5. The van der Waals surface area contributed by atoms with Crippen molar-refractivity contribution >= 4 is 23.5 Å². The Morgan fingerprint density at radius 1 is 1.04 bits per heavy atom. The lowest BCUT2D eigenvalue weighted by atomic mass is 9.95. The van der Waals surface area contributed by atoms with E-state index in [1.165, 1.54) is 14.0 Å². The summed E-state index contributed by atoms with van der Waals surface area (Å²) in [5.74, 6) is -1.33. The SMILES string of the molecule is COC(=O)/C(=C(/C)N)C1CC(=O)N(c2ccc(Oc3ccccc3)cc2)C1=O. The number of para-hydroxylation sites is 1. The zero-order chi connectivity index (χ0) is 20.3. The maximum Gasteiger partial charge on any atom is 0.336 e. The van der Waals surface area contributed by atoms with Gasteiger partial charge < -0.3 is 15.2 Å². The Kier molecular flexibility index (Phi) is 5.44. The molecule has 1 saturated heterocycles. The van der Waals surface area contributed by atoms with Gasteiger partial charge in [0.25, 0.3) is 0 Å². The third-order valence-corrected chi connectivity index (χ3v) is 4.40. The number of nitrogens with zero attached hydrogens (tertiary/aromatic N) is 1. The summed E-state index contributed by atoms with van der Waals surface area (Å²) < 4.78 is 10.4. The normalized spacial score (nSPS) is 17.4. The molecule has 144 valence electrons. The number of allylic oxidation sites excluding steroid dienone is 1. The van der Waals surface area contributed by atoms with Gasteiger partial charge in [-0.15, -0.1) is 0 Å². The highest BCUT2D eigenvalue weighted by atomic mass is 16.5. The molecule has 1 atom stereocenters. The van der Waals surface area contributed by atoms with E-state index in [0.717, 1.165) is 4.90 Å². The summed E-state index contributed by atoms with van der Waals surface area (Å²) >= 11 is 0. The van der Waals surface area contributed by atoms with Crippen LogP contribution in [-0.4, -0.2) is 24.9 Å². The molecule has 0 bridgehead atoms. The van der Waals surface area contributed by atoms with Crippen LogP contribution >= 0.6 is 0 Å². The van der Waals surface area contributed by atoms with Crippen LogP contribution in [0.3, 0.4) is 0 Å². The number of imide groups is 1. The molecule has 2 amide bonds. The molecule has 0 aromatic heterocycles. The van der Waals surface area contributed by atoms with E-state index in [-0.39, 0.29) is 17.7 Å². The fourth-order valence-corrected chi connectivity index (χ4v) is 3.10. The van der Waals surface area contributed by atoms with E-state index >= 15 is 0 Å². The molecule has 7 heteroatoms. The second kappa shape index (κ2) is 7.96. The molecule has 1 fully saturated rings. The van der Waals surface area contributed by atoms with Gasteiger partial charge in [-0.25, -0.2) is 9.69 Å². The number of ether oxygens (including phenoxy) is 2. The molecule has 0 radical (unpaired) electrons. The number of esters is 1. The predicted octanol–water partition coefficient (Wildman–Crippen LogP) is 2.76. The van der Waals surface area contributed by atoms with E-state index in [9.17, 15) is 14.4 Å². The molecule has 2 aromatic rings.